The minimum absolute atomic E-state index is 0.508. The molecule has 19 heavy (non-hydrogen) atoms. The summed E-state index contributed by atoms with van der Waals surface area (Å²) in [4.78, 5) is 4.44. The highest BCUT2D eigenvalue weighted by atomic mass is 79.9. The fourth-order valence-electron chi connectivity index (χ4n) is 1.88. The summed E-state index contributed by atoms with van der Waals surface area (Å²) >= 11 is 3.41. The topological polar surface area (TPSA) is 61.3 Å². The first kappa shape index (κ1) is 12.0. The van der Waals surface area contributed by atoms with E-state index in [0.717, 1.165) is 21.1 Å². The smallest absolute Gasteiger partial charge is 0.229 e. The predicted molar refractivity (Wildman–Crippen MR) is 78.1 cm³/mol. The number of rotatable bonds is 2. The molecular weight excluding hydrogens is 308 g/mol. The Balaban J connectivity index is 2.13. The van der Waals surface area contributed by atoms with Crippen LogP contribution in [0.5, 0.6) is 5.75 Å². The van der Waals surface area contributed by atoms with Gasteiger partial charge in [0, 0.05) is 16.2 Å². The van der Waals surface area contributed by atoms with Gasteiger partial charge in [-0.2, -0.15) is 0 Å². The third kappa shape index (κ3) is 2.17. The van der Waals surface area contributed by atoms with Gasteiger partial charge in [-0.3, -0.25) is 0 Å². The molecule has 0 aliphatic carbocycles. The zero-order valence-corrected chi connectivity index (χ0v) is 11.8. The summed E-state index contributed by atoms with van der Waals surface area (Å²) < 4.78 is 11.8. The maximum absolute atomic E-state index is 5.99. The zero-order valence-electron chi connectivity index (χ0n) is 10.2. The zero-order chi connectivity index (χ0) is 13.4. The average Bonchev–Trinajstić information content (AvgIpc) is 2.81. The fraction of sp³-hybridized carbons (Fsp3) is 0.0714. The van der Waals surface area contributed by atoms with Crippen LogP contribution in [0.2, 0.25) is 0 Å². The Morgan fingerprint density at radius 3 is 2.79 bits per heavy atom. The van der Waals surface area contributed by atoms with Crippen molar-refractivity contribution in [1.29, 1.82) is 0 Å². The van der Waals surface area contributed by atoms with Gasteiger partial charge in [0.2, 0.25) is 5.89 Å². The molecule has 0 saturated carbocycles. The van der Waals surface area contributed by atoms with Crippen LogP contribution in [0.1, 0.15) is 0 Å². The Bertz CT molecular complexity index is 752. The molecule has 96 valence electrons. The molecule has 0 aliphatic heterocycles. The molecule has 5 heteroatoms. The number of aromatic nitrogens is 1. The lowest BCUT2D eigenvalue weighted by Crippen LogP contribution is -1.92. The normalized spacial score (nSPS) is 10.8. The number of halogens is 1. The molecule has 0 unspecified atom stereocenters. The lowest BCUT2D eigenvalue weighted by molar-refractivity contribution is 0.415. The third-order valence-corrected chi connectivity index (χ3v) is 3.33. The van der Waals surface area contributed by atoms with Gasteiger partial charge in [-0.25, -0.2) is 4.98 Å². The van der Waals surface area contributed by atoms with Gasteiger partial charge < -0.3 is 14.9 Å². The molecule has 2 N–H and O–H groups in total. The lowest BCUT2D eigenvalue weighted by Gasteiger charge is -2.04. The molecule has 1 aromatic heterocycles. The van der Waals surface area contributed by atoms with Gasteiger partial charge >= 0.3 is 0 Å². The fourth-order valence-corrected chi connectivity index (χ4v) is 2.23. The number of benzene rings is 2. The molecule has 0 saturated heterocycles. The molecule has 4 nitrogen and oxygen atoms in total. The molecule has 2 aromatic carbocycles. The van der Waals surface area contributed by atoms with E-state index in [1.165, 1.54) is 0 Å². The van der Waals surface area contributed by atoms with Crippen LogP contribution in [0.15, 0.2) is 45.3 Å². The molecule has 0 amide bonds. The SMILES string of the molecule is COc1ccc(-c2nc3cc(Br)ccc3o2)c(N)c1. The maximum atomic E-state index is 5.99. The van der Waals surface area contributed by atoms with Crippen LogP contribution in [-0.2, 0) is 0 Å². The van der Waals surface area contributed by atoms with E-state index in [1.54, 1.807) is 13.2 Å². The minimum atomic E-state index is 0.508. The largest absolute Gasteiger partial charge is 0.497 e. The Labute approximate surface area is 118 Å². The van der Waals surface area contributed by atoms with E-state index in [2.05, 4.69) is 20.9 Å². The number of oxazole rings is 1. The highest BCUT2D eigenvalue weighted by Crippen LogP contribution is 2.31. The van der Waals surface area contributed by atoms with E-state index in [0.29, 0.717) is 17.3 Å². The maximum Gasteiger partial charge on any atom is 0.229 e. The number of fused-ring (bicyclic) bond motifs is 1. The van der Waals surface area contributed by atoms with Gasteiger partial charge in [0.05, 0.1) is 12.7 Å². The number of nitrogens with zero attached hydrogens (tertiary/aromatic N) is 1. The number of nitrogen functional groups attached to an aromatic ring is 1. The predicted octanol–water partition coefficient (Wildman–Crippen LogP) is 3.85. The number of hydrogen-bond donors (Lipinski definition) is 1. The highest BCUT2D eigenvalue weighted by Gasteiger charge is 2.11. The van der Waals surface area contributed by atoms with E-state index in [4.69, 9.17) is 14.9 Å². The van der Waals surface area contributed by atoms with Crippen LogP contribution < -0.4 is 10.5 Å². The van der Waals surface area contributed by atoms with Gasteiger partial charge in [-0.15, -0.1) is 0 Å². The van der Waals surface area contributed by atoms with Crippen molar-refractivity contribution in [3.8, 4) is 17.2 Å². The summed E-state index contributed by atoms with van der Waals surface area (Å²) in [7, 11) is 1.60. The molecule has 1 heterocycles. The Morgan fingerprint density at radius 1 is 1.21 bits per heavy atom. The van der Waals surface area contributed by atoms with Crippen molar-refractivity contribution in [3.05, 3.63) is 40.9 Å². The van der Waals surface area contributed by atoms with E-state index in [9.17, 15) is 0 Å². The third-order valence-electron chi connectivity index (χ3n) is 2.84. The second kappa shape index (κ2) is 4.59. The second-order valence-corrected chi connectivity index (χ2v) is 5.00. The van der Waals surface area contributed by atoms with Crippen molar-refractivity contribution >= 4 is 32.7 Å². The van der Waals surface area contributed by atoms with Crippen LogP contribution >= 0.6 is 15.9 Å². The summed E-state index contributed by atoms with van der Waals surface area (Å²) in [5.41, 5.74) is 8.84. The molecule has 3 aromatic rings. The van der Waals surface area contributed by atoms with E-state index < -0.39 is 0 Å². The Morgan fingerprint density at radius 2 is 2.05 bits per heavy atom. The van der Waals surface area contributed by atoms with E-state index >= 15 is 0 Å². The van der Waals surface area contributed by atoms with Gasteiger partial charge in [-0.1, -0.05) is 15.9 Å². The first-order valence-corrected chi connectivity index (χ1v) is 6.46. The van der Waals surface area contributed by atoms with Crippen molar-refractivity contribution < 1.29 is 9.15 Å². The van der Waals surface area contributed by atoms with Crippen molar-refractivity contribution in [2.75, 3.05) is 12.8 Å². The molecule has 0 bridgehead atoms. The number of methoxy groups -OCH3 is 1. The number of ether oxygens (including phenoxy) is 1. The monoisotopic (exact) mass is 318 g/mol. The van der Waals surface area contributed by atoms with Crippen LogP contribution in [0, 0.1) is 0 Å². The minimum Gasteiger partial charge on any atom is -0.497 e. The summed E-state index contributed by atoms with van der Waals surface area (Å²) in [5, 5.41) is 0. The van der Waals surface area contributed by atoms with Gasteiger partial charge in [-0.05, 0) is 30.3 Å². The number of anilines is 1. The lowest BCUT2D eigenvalue weighted by atomic mass is 10.1. The standard InChI is InChI=1S/C14H11BrN2O2/c1-18-9-3-4-10(11(16)7-9)14-17-12-6-8(15)2-5-13(12)19-14/h2-7H,16H2,1H3. The summed E-state index contributed by atoms with van der Waals surface area (Å²) in [6, 6.07) is 11.1. The molecule has 0 spiro atoms. The number of nitrogens with two attached hydrogens (primary N) is 1. The number of hydrogen-bond acceptors (Lipinski definition) is 4. The first-order valence-electron chi connectivity index (χ1n) is 5.67. The quantitative estimate of drug-likeness (QED) is 0.729. The van der Waals surface area contributed by atoms with Gasteiger partial charge in [0.25, 0.3) is 0 Å². The van der Waals surface area contributed by atoms with E-state index in [-0.39, 0.29) is 0 Å². The van der Waals surface area contributed by atoms with Gasteiger partial charge in [0.1, 0.15) is 11.3 Å². The average molecular weight is 319 g/mol. The molecule has 3 rings (SSSR count). The molecular formula is C14H11BrN2O2. The summed E-state index contributed by atoms with van der Waals surface area (Å²) in [6.45, 7) is 0. The van der Waals surface area contributed by atoms with Crippen molar-refractivity contribution in [2.24, 2.45) is 0 Å². The molecule has 0 fully saturated rings. The first-order chi connectivity index (χ1) is 9.17. The molecule has 0 atom stereocenters. The van der Waals surface area contributed by atoms with Crippen LogP contribution in [0.4, 0.5) is 5.69 Å². The summed E-state index contributed by atoms with van der Waals surface area (Å²) in [6.07, 6.45) is 0. The van der Waals surface area contributed by atoms with Crippen molar-refractivity contribution in [3.63, 3.8) is 0 Å². The van der Waals surface area contributed by atoms with Crippen molar-refractivity contribution in [2.45, 2.75) is 0 Å². The van der Waals surface area contributed by atoms with E-state index in [1.807, 2.05) is 30.3 Å². The Hall–Kier alpha value is -2.01. The van der Waals surface area contributed by atoms with Crippen molar-refractivity contribution in [1.82, 2.24) is 4.98 Å². The Kier molecular flexibility index (Phi) is 2.91. The summed E-state index contributed by atoms with van der Waals surface area (Å²) in [5.74, 6) is 1.22. The van der Waals surface area contributed by atoms with Crippen LogP contribution in [-0.4, -0.2) is 12.1 Å². The second-order valence-electron chi connectivity index (χ2n) is 4.08. The van der Waals surface area contributed by atoms with Gasteiger partial charge in [0.15, 0.2) is 5.58 Å². The molecule has 0 aliphatic rings. The van der Waals surface area contributed by atoms with Crippen LogP contribution in [0.3, 0.4) is 0 Å². The van der Waals surface area contributed by atoms with Crippen LogP contribution in [0.25, 0.3) is 22.6 Å². The molecule has 0 radical (unpaired) electrons. The highest BCUT2D eigenvalue weighted by molar-refractivity contribution is 9.10.